The van der Waals surface area contributed by atoms with Crippen LogP contribution in [0, 0.1) is 16.0 Å². The third-order valence-corrected chi connectivity index (χ3v) is 5.57. The highest BCUT2D eigenvalue weighted by atomic mass is 16.6. The highest BCUT2D eigenvalue weighted by Crippen LogP contribution is 2.32. The molecule has 0 atom stereocenters. The lowest BCUT2D eigenvalue weighted by molar-refractivity contribution is -0.384. The largest absolute Gasteiger partial charge is 0.452 e. The van der Waals surface area contributed by atoms with Crippen LogP contribution in [0.25, 0.3) is 0 Å². The van der Waals surface area contributed by atoms with Crippen LogP contribution in [-0.4, -0.2) is 54.5 Å². The Hall–Kier alpha value is -2.64. The lowest BCUT2D eigenvalue weighted by Gasteiger charge is -2.31. The molecular weight excluding hydrogens is 362 g/mol. The summed E-state index contributed by atoms with van der Waals surface area (Å²) in [4.78, 5) is 39.2. The summed E-state index contributed by atoms with van der Waals surface area (Å²) in [5.41, 5.74) is 0.511. The van der Waals surface area contributed by atoms with Gasteiger partial charge in [0.2, 0.25) is 0 Å². The van der Waals surface area contributed by atoms with Crippen molar-refractivity contribution in [2.75, 3.05) is 37.7 Å². The van der Waals surface area contributed by atoms with E-state index in [1.54, 1.807) is 11.0 Å². The van der Waals surface area contributed by atoms with E-state index in [0.717, 1.165) is 45.2 Å². The van der Waals surface area contributed by atoms with E-state index < -0.39 is 10.9 Å². The van der Waals surface area contributed by atoms with Gasteiger partial charge in [-0.1, -0.05) is 6.92 Å². The number of benzene rings is 1. The quantitative estimate of drug-likeness (QED) is 0.437. The molecule has 1 amide bonds. The van der Waals surface area contributed by atoms with E-state index in [4.69, 9.17) is 4.74 Å². The highest BCUT2D eigenvalue weighted by Gasteiger charge is 2.25. The topological polar surface area (TPSA) is 93.0 Å². The molecule has 2 fully saturated rings. The summed E-state index contributed by atoms with van der Waals surface area (Å²) in [6.45, 7) is 4.73. The van der Waals surface area contributed by atoms with Crippen LogP contribution in [0.3, 0.4) is 0 Å². The van der Waals surface area contributed by atoms with Crippen molar-refractivity contribution in [3.8, 4) is 0 Å². The van der Waals surface area contributed by atoms with Crippen molar-refractivity contribution in [3.63, 3.8) is 0 Å². The van der Waals surface area contributed by atoms with Crippen molar-refractivity contribution < 1.29 is 19.2 Å². The second kappa shape index (κ2) is 9.03. The first-order valence-electron chi connectivity index (χ1n) is 9.94. The molecule has 8 nitrogen and oxygen atoms in total. The molecule has 0 saturated carbocycles. The number of carbonyl (C=O) groups excluding carboxylic acids is 2. The van der Waals surface area contributed by atoms with Gasteiger partial charge in [0.25, 0.3) is 11.6 Å². The molecule has 2 aliphatic rings. The van der Waals surface area contributed by atoms with Gasteiger partial charge in [-0.3, -0.25) is 14.9 Å². The molecule has 28 heavy (non-hydrogen) atoms. The van der Waals surface area contributed by atoms with Gasteiger partial charge in [0.15, 0.2) is 6.61 Å². The number of hydrogen-bond donors (Lipinski definition) is 0. The Kier molecular flexibility index (Phi) is 6.49. The van der Waals surface area contributed by atoms with Crippen molar-refractivity contribution in [2.45, 2.75) is 39.0 Å². The summed E-state index contributed by atoms with van der Waals surface area (Å²) in [5.74, 6) is -0.323. The second-order valence-electron chi connectivity index (χ2n) is 7.65. The lowest BCUT2D eigenvalue weighted by atomic mass is 9.98. The molecule has 3 rings (SSSR count). The maximum atomic E-state index is 12.3. The van der Waals surface area contributed by atoms with Gasteiger partial charge in [0.1, 0.15) is 5.69 Å². The molecular formula is C20H27N3O5. The van der Waals surface area contributed by atoms with Gasteiger partial charge in [0.05, 0.1) is 10.5 Å². The van der Waals surface area contributed by atoms with Gasteiger partial charge in [-0.05, 0) is 50.2 Å². The lowest BCUT2D eigenvalue weighted by Crippen LogP contribution is -2.38. The van der Waals surface area contributed by atoms with Gasteiger partial charge in [-0.2, -0.15) is 0 Å². The minimum atomic E-state index is -0.715. The third-order valence-electron chi connectivity index (χ3n) is 5.57. The van der Waals surface area contributed by atoms with E-state index in [1.807, 2.05) is 4.90 Å². The Morgan fingerprint density at radius 2 is 1.82 bits per heavy atom. The summed E-state index contributed by atoms with van der Waals surface area (Å²) in [6.07, 6.45) is 5.00. The first-order chi connectivity index (χ1) is 13.5. The minimum Gasteiger partial charge on any atom is -0.452 e. The number of carbonyl (C=O) groups is 2. The Bertz CT molecular complexity index is 737. The molecule has 0 N–H and O–H groups in total. The summed E-state index contributed by atoms with van der Waals surface area (Å²) in [5, 5.41) is 11.5. The highest BCUT2D eigenvalue weighted by molar-refractivity contribution is 5.93. The van der Waals surface area contributed by atoms with E-state index in [9.17, 15) is 19.7 Å². The van der Waals surface area contributed by atoms with Gasteiger partial charge in [-0.25, -0.2) is 4.79 Å². The molecule has 0 unspecified atom stereocenters. The van der Waals surface area contributed by atoms with Gasteiger partial charge in [-0.15, -0.1) is 0 Å². The van der Waals surface area contributed by atoms with Gasteiger partial charge in [0, 0.05) is 32.2 Å². The van der Waals surface area contributed by atoms with Crippen molar-refractivity contribution in [1.29, 1.82) is 0 Å². The number of esters is 1. The fourth-order valence-electron chi connectivity index (χ4n) is 3.76. The summed E-state index contributed by atoms with van der Waals surface area (Å²) >= 11 is 0. The zero-order chi connectivity index (χ0) is 20.1. The number of rotatable bonds is 5. The monoisotopic (exact) mass is 389 g/mol. The number of nitro benzene ring substituents is 1. The van der Waals surface area contributed by atoms with E-state index in [2.05, 4.69) is 6.92 Å². The van der Waals surface area contributed by atoms with E-state index in [0.29, 0.717) is 24.7 Å². The van der Waals surface area contributed by atoms with Crippen LogP contribution in [0.4, 0.5) is 11.4 Å². The Morgan fingerprint density at radius 1 is 1.14 bits per heavy atom. The third kappa shape index (κ3) is 4.79. The van der Waals surface area contributed by atoms with Crippen molar-refractivity contribution >= 4 is 23.3 Å². The smallest absolute Gasteiger partial charge is 0.338 e. The Balaban J connectivity index is 1.66. The molecule has 152 valence electrons. The summed E-state index contributed by atoms with van der Waals surface area (Å²) < 4.78 is 5.11. The summed E-state index contributed by atoms with van der Waals surface area (Å²) in [6, 6.07) is 4.40. The van der Waals surface area contributed by atoms with Crippen LogP contribution in [-0.2, 0) is 9.53 Å². The number of nitrogens with zero attached hydrogens (tertiary/aromatic N) is 3. The number of ether oxygens (including phenoxy) is 1. The number of anilines is 1. The molecule has 0 spiro atoms. The maximum absolute atomic E-state index is 12.3. The van der Waals surface area contributed by atoms with Crippen LogP contribution in [0.1, 0.15) is 49.4 Å². The summed E-state index contributed by atoms with van der Waals surface area (Å²) in [7, 11) is 0. The van der Waals surface area contributed by atoms with Gasteiger partial charge >= 0.3 is 5.97 Å². The molecule has 1 aromatic carbocycles. The zero-order valence-corrected chi connectivity index (χ0v) is 16.3. The molecule has 0 radical (unpaired) electrons. The maximum Gasteiger partial charge on any atom is 0.338 e. The van der Waals surface area contributed by atoms with E-state index in [1.165, 1.54) is 12.1 Å². The minimum absolute atomic E-state index is 0.0901. The van der Waals surface area contributed by atoms with Crippen LogP contribution >= 0.6 is 0 Å². The average molecular weight is 389 g/mol. The number of hydrogen-bond acceptors (Lipinski definition) is 6. The SMILES string of the molecule is CC1CCN(c2ccc(C(=O)OCC(=O)N3CCCCC3)cc2[N+](=O)[O-])CC1. The first-order valence-corrected chi connectivity index (χ1v) is 9.94. The average Bonchev–Trinajstić information content (AvgIpc) is 2.72. The Morgan fingerprint density at radius 3 is 2.46 bits per heavy atom. The van der Waals surface area contributed by atoms with E-state index in [-0.39, 0.29) is 23.8 Å². The molecule has 8 heteroatoms. The zero-order valence-electron chi connectivity index (χ0n) is 16.3. The molecule has 2 heterocycles. The predicted octanol–water partition coefficient (Wildman–Crippen LogP) is 3.00. The first kappa shape index (κ1) is 20.1. The standard InChI is InChI=1S/C20H27N3O5/c1-15-7-11-21(12-8-15)17-6-5-16(13-18(17)23(26)27)20(25)28-14-19(24)22-9-3-2-4-10-22/h5-6,13,15H,2-4,7-12,14H2,1H3. The molecule has 2 aliphatic heterocycles. The van der Waals surface area contributed by atoms with Gasteiger partial charge < -0.3 is 14.5 Å². The molecule has 0 aromatic heterocycles. The van der Waals surface area contributed by atoms with Crippen molar-refractivity contribution in [1.82, 2.24) is 4.90 Å². The fourth-order valence-corrected chi connectivity index (χ4v) is 3.76. The Labute approximate surface area is 164 Å². The number of nitro groups is 1. The molecule has 1 aromatic rings. The van der Waals surface area contributed by atoms with Crippen LogP contribution in [0.2, 0.25) is 0 Å². The molecule has 0 aliphatic carbocycles. The van der Waals surface area contributed by atoms with Crippen molar-refractivity contribution in [2.24, 2.45) is 5.92 Å². The predicted molar refractivity (Wildman–Crippen MR) is 104 cm³/mol. The number of amides is 1. The molecule has 2 saturated heterocycles. The van der Waals surface area contributed by atoms with Crippen LogP contribution in [0.15, 0.2) is 18.2 Å². The number of piperidine rings is 2. The second-order valence-corrected chi connectivity index (χ2v) is 7.65. The van der Waals surface area contributed by atoms with E-state index >= 15 is 0 Å². The number of likely N-dealkylation sites (tertiary alicyclic amines) is 1. The normalized spacial score (nSPS) is 18.0. The molecule has 0 bridgehead atoms. The van der Waals surface area contributed by atoms with Crippen molar-refractivity contribution in [3.05, 3.63) is 33.9 Å². The fraction of sp³-hybridized carbons (Fsp3) is 0.600. The van der Waals surface area contributed by atoms with Crippen LogP contribution < -0.4 is 4.90 Å². The van der Waals surface area contributed by atoms with Crippen LogP contribution in [0.5, 0.6) is 0 Å².